The van der Waals surface area contributed by atoms with Gasteiger partial charge in [-0.1, -0.05) is 48.5 Å². The van der Waals surface area contributed by atoms with E-state index in [-0.39, 0.29) is 22.5 Å². The third-order valence-corrected chi connectivity index (χ3v) is 5.01. The van der Waals surface area contributed by atoms with Crippen molar-refractivity contribution in [3.63, 3.8) is 0 Å². The highest BCUT2D eigenvalue weighted by molar-refractivity contribution is 5.88. The molecule has 0 spiro atoms. The van der Waals surface area contributed by atoms with E-state index in [9.17, 15) is 14.9 Å². The lowest BCUT2D eigenvalue weighted by atomic mass is 9.90. The van der Waals surface area contributed by atoms with Gasteiger partial charge in [-0.2, -0.15) is 15.8 Å². The van der Waals surface area contributed by atoms with E-state index in [1.54, 1.807) is 30.3 Å². The number of nitrogens with two attached hydrogens (primary N) is 1. The molecule has 0 radical (unpaired) electrons. The van der Waals surface area contributed by atoms with Gasteiger partial charge < -0.3 is 5.73 Å². The fourth-order valence-electron chi connectivity index (χ4n) is 3.59. The molecule has 0 aliphatic rings. The van der Waals surface area contributed by atoms with Crippen LogP contribution in [0.2, 0.25) is 0 Å². The van der Waals surface area contributed by atoms with Crippen LogP contribution in [0.4, 0.5) is 10.2 Å². The van der Waals surface area contributed by atoms with Crippen molar-refractivity contribution in [1.82, 2.24) is 4.98 Å². The Morgan fingerprint density at radius 2 is 1.38 bits per heavy atom. The summed E-state index contributed by atoms with van der Waals surface area (Å²) in [6.07, 6.45) is 0. The number of halogens is 1. The Hall–Kier alpha value is -4.99. The summed E-state index contributed by atoms with van der Waals surface area (Å²) >= 11 is 0. The Balaban J connectivity index is 1.99. The first-order chi connectivity index (χ1) is 15.5. The summed E-state index contributed by atoms with van der Waals surface area (Å²) in [7, 11) is 0. The highest BCUT2D eigenvalue weighted by Crippen LogP contribution is 2.37. The van der Waals surface area contributed by atoms with Crippen LogP contribution in [-0.2, 0) is 0 Å². The van der Waals surface area contributed by atoms with Crippen LogP contribution >= 0.6 is 0 Å². The summed E-state index contributed by atoms with van der Waals surface area (Å²) in [6.45, 7) is 0. The molecule has 0 aliphatic heterocycles. The van der Waals surface area contributed by atoms with Crippen molar-refractivity contribution in [2.45, 2.75) is 0 Å². The summed E-state index contributed by atoms with van der Waals surface area (Å²) in [5, 5.41) is 28.9. The molecular formula is C26H14FN5. The second kappa shape index (κ2) is 8.40. The second-order valence-electron chi connectivity index (χ2n) is 6.98. The van der Waals surface area contributed by atoms with Crippen molar-refractivity contribution < 1.29 is 4.39 Å². The van der Waals surface area contributed by atoms with E-state index in [2.05, 4.69) is 17.1 Å². The topological polar surface area (TPSA) is 110 Å². The van der Waals surface area contributed by atoms with Crippen molar-refractivity contribution >= 4 is 5.82 Å². The average molecular weight is 415 g/mol. The van der Waals surface area contributed by atoms with Crippen LogP contribution in [0, 0.1) is 39.8 Å². The lowest BCUT2D eigenvalue weighted by molar-refractivity contribution is 0.628. The van der Waals surface area contributed by atoms with Crippen LogP contribution in [0.5, 0.6) is 0 Å². The number of nitriles is 3. The predicted molar refractivity (Wildman–Crippen MR) is 119 cm³/mol. The number of hydrogen-bond acceptors (Lipinski definition) is 5. The smallest absolute Gasteiger partial charge is 0.142 e. The van der Waals surface area contributed by atoms with E-state index >= 15 is 0 Å². The molecule has 0 saturated heterocycles. The number of hydrogen-bond donors (Lipinski definition) is 1. The molecule has 0 aliphatic carbocycles. The molecule has 32 heavy (non-hydrogen) atoms. The average Bonchev–Trinajstić information content (AvgIpc) is 2.83. The Morgan fingerprint density at radius 3 is 2.06 bits per heavy atom. The zero-order chi connectivity index (χ0) is 22.7. The minimum atomic E-state index is -0.528. The van der Waals surface area contributed by atoms with Gasteiger partial charge in [0.05, 0.1) is 22.9 Å². The molecule has 0 fully saturated rings. The molecule has 0 saturated carbocycles. The van der Waals surface area contributed by atoms with Gasteiger partial charge in [-0.3, -0.25) is 0 Å². The van der Waals surface area contributed by atoms with Crippen LogP contribution in [-0.4, -0.2) is 4.98 Å². The highest BCUT2D eigenvalue weighted by atomic mass is 19.1. The molecule has 3 aromatic carbocycles. The zero-order valence-electron chi connectivity index (χ0n) is 16.7. The summed E-state index contributed by atoms with van der Waals surface area (Å²) in [5.74, 6) is -0.511. The van der Waals surface area contributed by atoms with Crippen LogP contribution in [0.3, 0.4) is 0 Å². The molecule has 150 valence electrons. The first kappa shape index (κ1) is 20.3. The number of pyridine rings is 1. The molecule has 1 heterocycles. The van der Waals surface area contributed by atoms with Gasteiger partial charge in [0.15, 0.2) is 0 Å². The van der Waals surface area contributed by atoms with Gasteiger partial charge in [-0.05, 0) is 41.0 Å². The minimum absolute atomic E-state index is 0.0169. The van der Waals surface area contributed by atoms with Crippen LogP contribution in [0.25, 0.3) is 33.5 Å². The number of rotatable bonds is 3. The summed E-state index contributed by atoms with van der Waals surface area (Å²) < 4.78 is 14.0. The number of aromatic nitrogens is 1. The van der Waals surface area contributed by atoms with Crippen LogP contribution in [0.15, 0.2) is 72.8 Å². The van der Waals surface area contributed by atoms with Gasteiger partial charge in [0, 0.05) is 11.1 Å². The molecule has 0 amide bonds. The SMILES string of the molecule is N#Cc1cc(F)cc(-c2cccc(-c3c(C#N)c(N)nc(-c4ccccc4)c3C#N)c2)c1. The fourth-order valence-corrected chi connectivity index (χ4v) is 3.59. The van der Waals surface area contributed by atoms with Crippen molar-refractivity contribution in [3.05, 3.63) is 95.3 Å². The van der Waals surface area contributed by atoms with E-state index < -0.39 is 5.82 Å². The molecule has 5 nitrogen and oxygen atoms in total. The summed E-state index contributed by atoms with van der Waals surface area (Å²) in [4.78, 5) is 4.33. The van der Waals surface area contributed by atoms with Crippen molar-refractivity contribution in [1.29, 1.82) is 15.8 Å². The van der Waals surface area contributed by atoms with Gasteiger partial charge in [-0.25, -0.2) is 9.37 Å². The summed E-state index contributed by atoms with van der Waals surface area (Å²) in [6, 6.07) is 26.3. The van der Waals surface area contributed by atoms with E-state index in [1.807, 2.05) is 36.4 Å². The molecule has 4 rings (SSSR count). The maximum atomic E-state index is 14.0. The molecule has 4 aromatic rings. The highest BCUT2D eigenvalue weighted by Gasteiger charge is 2.21. The quantitative estimate of drug-likeness (QED) is 0.480. The third kappa shape index (κ3) is 3.63. The van der Waals surface area contributed by atoms with Crippen LogP contribution < -0.4 is 5.73 Å². The molecule has 2 N–H and O–H groups in total. The monoisotopic (exact) mass is 415 g/mol. The number of nitrogens with zero attached hydrogens (tertiary/aromatic N) is 4. The van der Waals surface area contributed by atoms with Gasteiger partial charge in [0.25, 0.3) is 0 Å². The number of nitrogen functional groups attached to an aromatic ring is 1. The molecule has 1 aromatic heterocycles. The molecule has 0 atom stereocenters. The van der Waals surface area contributed by atoms with Crippen LogP contribution in [0.1, 0.15) is 16.7 Å². The molecular weight excluding hydrogens is 401 g/mol. The third-order valence-electron chi connectivity index (χ3n) is 5.01. The maximum Gasteiger partial charge on any atom is 0.142 e. The van der Waals surface area contributed by atoms with E-state index in [4.69, 9.17) is 11.0 Å². The first-order valence-corrected chi connectivity index (χ1v) is 9.56. The molecule has 6 heteroatoms. The zero-order valence-corrected chi connectivity index (χ0v) is 16.7. The predicted octanol–water partition coefficient (Wildman–Crippen LogP) is 5.42. The normalized spacial score (nSPS) is 10.1. The van der Waals surface area contributed by atoms with E-state index in [0.29, 0.717) is 33.5 Å². The molecule has 0 unspecified atom stereocenters. The Morgan fingerprint density at radius 1 is 0.688 bits per heavy atom. The van der Waals surface area contributed by atoms with Gasteiger partial charge in [0.1, 0.15) is 29.3 Å². The van der Waals surface area contributed by atoms with Gasteiger partial charge in [0.2, 0.25) is 0 Å². The minimum Gasteiger partial charge on any atom is -0.383 e. The van der Waals surface area contributed by atoms with Crippen molar-refractivity contribution in [3.8, 4) is 51.7 Å². The van der Waals surface area contributed by atoms with E-state index in [0.717, 1.165) is 6.07 Å². The Bertz CT molecular complexity index is 1470. The van der Waals surface area contributed by atoms with E-state index in [1.165, 1.54) is 6.07 Å². The van der Waals surface area contributed by atoms with Crippen molar-refractivity contribution in [2.75, 3.05) is 5.73 Å². The number of benzene rings is 3. The lowest BCUT2D eigenvalue weighted by Gasteiger charge is -2.14. The van der Waals surface area contributed by atoms with Gasteiger partial charge in [-0.15, -0.1) is 0 Å². The maximum absolute atomic E-state index is 14.0. The lowest BCUT2D eigenvalue weighted by Crippen LogP contribution is -2.04. The molecule has 0 bridgehead atoms. The standard InChI is InChI=1S/C26H14FN5/c27-21-10-16(13-28)9-20(12-21)18-7-4-8-19(11-18)24-22(14-29)25(17-5-2-1-3-6-17)32-26(31)23(24)15-30/h1-12H,(H2,31,32). The summed E-state index contributed by atoms with van der Waals surface area (Å²) in [5.41, 5.74) is 9.74. The Kier molecular flexibility index (Phi) is 5.33. The van der Waals surface area contributed by atoms with Gasteiger partial charge >= 0.3 is 0 Å². The Labute approximate surface area is 184 Å². The number of anilines is 1. The fraction of sp³-hybridized carbons (Fsp3) is 0. The second-order valence-corrected chi connectivity index (χ2v) is 6.98. The van der Waals surface area contributed by atoms with Crippen molar-refractivity contribution in [2.24, 2.45) is 0 Å². The first-order valence-electron chi connectivity index (χ1n) is 9.56. The largest absolute Gasteiger partial charge is 0.383 e.